The number of nitrogens with zero attached hydrogens (tertiary/aromatic N) is 2. The van der Waals surface area contributed by atoms with Crippen molar-refractivity contribution in [3.05, 3.63) is 5.69 Å². The van der Waals surface area contributed by atoms with E-state index in [-0.39, 0.29) is 21.9 Å². The number of hydrogen-bond acceptors (Lipinski definition) is 6. The third kappa shape index (κ3) is 3.07. The highest BCUT2D eigenvalue weighted by Gasteiger charge is 2.32. The van der Waals surface area contributed by atoms with Gasteiger partial charge < -0.3 is 10.8 Å². The van der Waals surface area contributed by atoms with E-state index in [9.17, 15) is 8.42 Å². The molecule has 1 unspecified atom stereocenters. The maximum Gasteiger partial charge on any atom is 0.254 e. The second-order valence-corrected chi connectivity index (χ2v) is 7.97. The summed E-state index contributed by atoms with van der Waals surface area (Å²) in [6.45, 7) is 2.77. The number of nitrogens with two attached hydrogens (primary N) is 1. The second kappa shape index (κ2) is 5.74. The van der Waals surface area contributed by atoms with Crippen LogP contribution in [0.15, 0.2) is 4.21 Å². The molecule has 8 heteroatoms. The predicted molar refractivity (Wildman–Crippen MR) is 74.4 cm³/mol. The predicted octanol–water partition coefficient (Wildman–Crippen LogP) is 0.817. The summed E-state index contributed by atoms with van der Waals surface area (Å²) in [7, 11) is -3.50. The minimum Gasteiger partial charge on any atom is -0.396 e. The van der Waals surface area contributed by atoms with Crippen molar-refractivity contribution >= 4 is 26.5 Å². The Bertz CT molecular complexity index is 539. The van der Waals surface area contributed by atoms with Crippen LogP contribution in [0.25, 0.3) is 0 Å². The van der Waals surface area contributed by atoms with E-state index >= 15 is 0 Å². The molecule has 1 aromatic heterocycles. The molecule has 0 saturated carbocycles. The highest BCUT2D eigenvalue weighted by Crippen LogP contribution is 2.31. The van der Waals surface area contributed by atoms with Gasteiger partial charge >= 0.3 is 0 Å². The number of anilines is 1. The zero-order valence-electron chi connectivity index (χ0n) is 10.9. The van der Waals surface area contributed by atoms with Gasteiger partial charge in [-0.05, 0) is 32.1 Å². The molecule has 0 aliphatic carbocycles. The molecule has 1 aromatic rings. The fourth-order valence-electron chi connectivity index (χ4n) is 2.42. The van der Waals surface area contributed by atoms with Crippen molar-refractivity contribution in [2.45, 2.75) is 30.4 Å². The van der Waals surface area contributed by atoms with Crippen LogP contribution in [-0.4, -0.2) is 42.5 Å². The molecule has 2 rings (SSSR count). The van der Waals surface area contributed by atoms with Crippen LogP contribution >= 0.6 is 11.3 Å². The first-order chi connectivity index (χ1) is 8.95. The Morgan fingerprint density at radius 1 is 1.58 bits per heavy atom. The standard InChI is InChI=1S/C11H19N3O3S2/c1-8-10(18-11(12)13-8)19(16,17)14-5-2-3-9(7-14)4-6-15/h9,15H,2-7H2,1H3,(H2,12,13). The Balaban J connectivity index is 2.22. The molecule has 0 radical (unpaired) electrons. The third-order valence-corrected chi connectivity index (χ3v) is 6.80. The number of aromatic nitrogens is 1. The Kier molecular flexibility index (Phi) is 4.44. The zero-order chi connectivity index (χ0) is 14.0. The van der Waals surface area contributed by atoms with Crippen LogP contribution in [0.5, 0.6) is 0 Å². The molecular weight excluding hydrogens is 286 g/mol. The summed E-state index contributed by atoms with van der Waals surface area (Å²) in [4.78, 5) is 3.98. The summed E-state index contributed by atoms with van der Waals surface area (Å²) in [6.07, 6.45) is 2.45. The molecule has 0 aromatic carbocycles. The van der Waals surface area contributed by atoms with Crippen molar-refractivity contribution in [3.8, 4) is 0 Å². The van der Waals surface area contributed by atoms with Crippen LogP contribution in [0.2, 0.25) is 0 Å². The zero-order valence-corrected chi connectivity index (χ0v) is 12.5. The van der Waals surface area contributed by atoms with Crippen molar-refractivity contribution in [2.75, 3.05) is 25.4 Å². The van der Waals surface area contributed by atoms with Crippen molar-refractivity contribution < 1.29 is 13.5 Å². The number of aryl methyl sites for hydroxylation is 1. The molecule has 0 bridgehead atoms. The van der Waals surface area contributed by atoms with Gasteiger partial charge in [0, 0.05) is 19.7 Å². The monoisotopic (exact) mass is 305 g/mol. The number of aliphatic hydroxyl groups is 1. The Morgan fingerprint density at radius 3 is 2.89 bits per heavy atom. The van der Waals surface area contributed by atoms with Gasteiger partial charge in [-0.3, -0.25) is 0 Å². The molecule has 0 amide bonds. The summed E-state index contributed by atoms with van der Waals surface area (Å²) < 4.78 is 26.8. The van der Waals surface area contributed by atoms with Gasteiger partial charge in [0.05, 0.1) is 5.69 Å². The molecule has 1 atom stereocenters. The third-order valence-electron chi connectivity index (χ3n) is 3.36. The number of piperidine rings is 1. The van der Waals surface area contributed by atoms with Gasteiger partial charge in [-0.2, -0.15) is 4.31 Å². The highest BCUT2D eigenvalue weighted by atomic mass is 32.2. The summed E-state index contributed by atoms with van der Waals surface area (Å²) in [5, 5.41) is 9.26. The van der Waals surface area contributed by atoms with Gasteiger partial charge in [-0.15, -0.1) is 0 Å². The van der Waals surface area contributed by atoms with Crippen LogP contribution in [0, 0.1) is 12.8 Å². The summed E-state index contributed by atoms with van der Waals surface area (Å²) in [5.41, 5.74) is 6.04. The minimum absolute atomic E-state index is 0.102. The van der Waals surface area contributed by atoms with Gasteiger partial charge in [0.25, 0.3) is 10.0 Å². The van der Waals surface area contributed by atoms with Gasteiger partial charge in [-0.1, -0.05) is 11.3 Å². The lowest BCUT2D eigenvalue weighted by molar-refractivity contribution is 0.203. The Morgan fingerprint density at radius 2 is 2.32 bits per heavy atom. The smallest absolute Gasteiger partial charge is 0.254 e. The maximum absolute atomic E-state index is 12.5. The van der Waals surface area contributed by atoms with E-state index in [4.69, 9.17) is 10.8 Å². The van der Waals surface area contributed by atoms with Crippen LogP contribution in [0.3, 0.4) is 0 Å². The molecule has 2 heterocycles. The molecule has 19 heavy (non-hydrogen) atoms. The second-order valence-electron chi connectivity index (χ2n) is 4.81. The quantitative estimate of drug-likeness (QED) is 0.858. The number of nitrogen functional groups attached to an aromatic ring is 1. The SMILES string of the molecule is Cc1nc(N)sc1S(=O)(=O)N1CCCC(CCO)C1. The largest absolute Gasteiger partial charge is 0.396 e. The molecule has 0 spiro atoms. The molecule has 1 aliphatic rings. The van der Waals surface area contributed by atoms with Crippen LogP contribution in [-0.2, 0) is 10.0 Å². The molecule has 1 saturated heterocycles. The van der Waals surface area contributed by atoms with E-state index in [2.05, 4.69) is 4.98 Å². The lowest BCUT2D eigenvalue weighted by atomic mass is 9.97. The normalized spacial score (nSPS) is 21.7. The molecule has 1 aliphatic heterocycles. The molecule has 108 valence electrons. The molecule has 3 N–H and O–H groups in total. The highest BCUT2D eigenvalue weighted by molar-refractivity contribution is 7.91. The van der Waals surface area contributed by atoms with Gasteiger partial charge in [0.2, 0.25) is 0 Å². The average molecular weight is 305 g/mol. The van der Waals surface area contributed by atoms with E-state index in [0.717, 1.165) is 24.2 Å². The molecule has 1 fully saturated rings. The van der Waals surface area contributed by atoms with Gasteiger partial charge in [0.1, 0.15) is 0 Å². The van der Waals surface area contributed by atoms with Crippen LogP contribution in [0.1, 0.15) is 25.0 Å². The van der Waals surface area contributed by atoms with E-state index in [0.29, 0.717) is 25.2 Å². The van der Waals surface area contributed by atoms with Crippen LogP contribution in [0.4, 0.5) is 5.13 Å². The Hall–Kier alpha value is -0.700. The number of rotatable bonds is 4. The van der Waals surface area contributed by atoms with Gasteiger partial charge in [0.15, 0.2) is 9.34 Å². The van der Waals surface area contributed by atoms with Crippen molar-refractivity contribution in [1.29, 1.82) is 0 Å². The first-order valence-electron chi connectivity index (χ1n) is 6.29. The number of sulfonamides is 1. The number of aliphatic hydroxyl groups excluding tert-OH is 1. The van der Waals surface area contributed by atoms with E-state index in [1.54, 1.807) is 6.92 Å². The molecular formula is C11H19N3O3S2. The average Bonchev–Trinajstić information content (AvgIpc) is 2.70. The van der Waals surface area contributed by atoms with E-state index < -0.39 is 10.0 Å². The van der Waals surface area contributed by atoms with E-state index in [1.165, 1.54) is 4.31 Å². The van der Waals surface area contributed by atoms with Gasteiger partial charge in [-0.25, -0.2) is 13.4 Å². The first kappa shape index (κ1) is 14.7. The minimum atomic E-state index is -3.50. The first-order valence-corrected chi connectivity index (χ1v) is 8.54. The summed E-state index contributed by atoms with van der Waals surface area (Å²) in [6, 6.07) is 0. The Labute approximate surface area is 117 Å². The van der Waals surface area contributed by atoms with Crippen molar-refractivity contribution in [3.63, 3.8) is 0 Å². The lowest BCUT2D eigenvalue weighted by Gasteiger charge is -2.31. The lowest BCUT2D eigenvalue weighted by Crippen LogP contribution is -2.40. The van der Waals surface area contributed by atoms with Crippen molar-refractivity contribution in [2.24, 2.45) is 5.92 Å². The van der Waals surface area contributed by atoms with Crippen molar-refractivity contribution in [1.82, 2.24) is 9.29 Å². The topological polar surface area (TPSA) is 96.5 Å². The fourth-order valence-corrected chi connectivity index (χ4v) is 5.41. The number of hydrogen-bond donors (Lipinski definition) is 2. The fraction of sp³-hybridized carbons (Fsp3) is 0.727. The summed E-state index contributed by atoms with van der Waals surface area (Å²) >= 11 is 1.02. The number of thiazole rings is 1. The van der Waals surface area contributed by atoms with E-state index in [1.807, 2.05) is 0 Å². The van der Waals surface area contributed by atoms with Crippen LogP contribution < -0.4 is 5.73 Å². The summed E-state index contributed by atoms with van der Waals surface area (Å²) in [5.74, 6) is 0.235. The molecule has 6 nitrogen and oxygen atoms in total. The maximum atomic E-state index is 12.5.